The van der Waals surface area contributed by atoms with Crippen LogP contribution in [0.15, 0.2) is 91.1 Å². The molecule has 0 saturated carbocycles. The Morgan fingerprint density at radius 1 is 0.708 bits per heavy atom. The van der Waals surface area contributed by atoms with Gasteiger partial charge in [0, 0.05) is 29.1 Å². The van der Waals surface area contributed by atoms with Crippen molar-refractivity contribution in [2.45, 2.75) is 0 Å². The van der Waals surface area contributed by atoms with Crippen LogP contribution in [-0.2, 0) is 0 Å². The van der Waals surface area contributed by atoms with E-state index in [0.29, 0.717) is 0 Å². The summed E-state index contributed by atoms with van der Waals surface area (Å²) in [6.07, 6.45) is 2.19. The van der Waals surface area contributed by atoms with Gasteiger partial charge in [-0.05, 0) is 35.7 Å². The molecule has 2 nitrogen and oxygen atoms in total. The number of hydrogen-bond acceptors (Lipinski definition) is 1. The lowest BCUT2D eigenvalue weighted by Crippen LogP contribution is -2.33. The fraction of sp³-hybridized carbons (Fsp3) is 0.0455. The lowest BCUT2D eigenvalue weighted by molar-refractivity contribution is -0.582. The summed E-state index contributed by atoms with van der Waals surface area (Å²) in [7, 11) is 1.69. The van der Waals surface area contributed by atoms with Crippen LogP contribution in [-0.4, -0.2) is 7.11 Å². The number of fused-ring (bicyclic) bond motifs is 1. The summed E-state index contributed by atoms with van der Waals surface area (Å²) in [5.41, 5.74) is 3.47. The van der Waals surface area contributed by atoms with E-state index in [9.17, 15) is 0 Å². The minimum atomic E-state index is 0.862. The van der Waals surface area contributed by atoms with E-state index < -0.39 is 0 Å². The molecule has 0 bridgehead atoms. The Kier molecular flexibility index (Phi) is 3.72. The van der Waals surface area contributed by atoms with Crippen LogP contribution < -0.4 is 9.30 Å². The molecule has 116 valence electrons. The summed E-state index contributed by atoms with van der Waals surface area (Å²) in [5.74, 6) is 0.862. The highest BCUT2D eigenvalue weighted by Gasteiger charge is 2.17. The number of aromatic nitrogens is 1. The van der Waals surface area contributed by atoms with Crippen molar-refractivity contribution in [3.63, 3.8) is 0 Å². The minimum absolute atomic E-state index is 0.862. The SMILES string of the molecule is COc1ccc(-[n+]2cc3ccccc3cc2-c2ccccc2)cc1. The fourth-order valence-electron chi connectivity index (χ4n) is 2.97. The molecule has 0 radical (unpaired) electrons. The molecule has 0 N–H and O–H groups in total. The van der Waals surface area contributed by atoms with Crippen molar-refractivity contribution in [3.05, 3.63) is 91.1 Å². The maximum absolute atomic E-state index is 5.28. The first-order valence-electron chi connectivity index (χ1n) is 7.99. The van der Waals surface area contributed by atoms with E-state index in [0.717, 1.165) is 11.4 Å². The smallest absolute Gasteiger partial charge is 0.219 e. The van der Waals surface area contributed by atoms with Crippen LogP contribution in [0.1, 0.15) is 0 Å². The number of hydrogen-bond donors (Lipinski definition) is 0. The molecule has 1 aromatic heterocycles. The molecule has 0 spiro atoms. The highest BCUT2D eigenvalue weighted by Crippen LogP contribution is 2.22. The molecule has 0 fully saturated rings. The van der Waals surface area contributed by atoms with Gasteiger partial charge in [-0.15, -0.1) is 0 Å². The molecule has 3 aromatic carbocycles. The van der Waals surface area contributed by atoms with Gasteiger partial charge in [0.25, 0.3) is 0 Å². The first-order valence-corrected chi connectivity index (χ1v) is 7.99. The van der Waals surface area contributed by atoms with Gasteiger partial charge in [0.05, 0.1) is 7.11 Å². The topological polar surface area (TPSA) is 13.1 Å². The zero-order chi connectivity index (χ0) is 16.4. The summed E-state index contributed by atoms with van der Waals surface area (Å²) in [6, 6.07) is 29.3. The number of methoxy groups -OCH3 is 1. The predicted molar refractivity (Wildman–Crippen MR) is 97.5 cm³/mol. The second-order valence-electron chi connectivity index (χ2n) is 5.72. The Morgan fingerprint density at radius 3 is 2.08 bits per heavy atom. The quantitative estimate of drug-likeness (QED) is 0.496. The van der Waals surface area contributed by atoms with Crippen molar-refractivity contribution < 1.29 is 9.30 Å². The average molecular weight is 312 g/mol. The van der Waals surface area contributed by atoms with Crippen LogP contribution in [0.3, 0.4) is 0 Å². The predicted octanol–water partition coefficient (Wildman–Crippen LogP) is 4.79. The number of nitrogens with zero attached hydrogens (tertiary/aromatic N) is 1. The normalized spacial score (nSPS) is 10.7. The third kappa shape index (κ3) is 2.63. The number of rotatable bonds is 3. The Hall–Kier alpha value is -3.13. The average Bonchev–Trinajstić information content (AvgIpc) is 2.68. The third-order valence-electron chi connectivity index (χ3n) is 4.24. The first-order chi connectivity index (χ1) is 11.8. The molecule has 0 aliphatic rings. The Balaban J connectivity index is 1.97. The van der Waals surface area contributed by atoms with Crippen LogP contribution in [0.2, 0.25) is 0 Å². The standard InChI is InChI=1S/C22H18NO/c1-24-21-13-11-20(12-14-21)23-16-19-10-6-5-9-18(19)15-22(23)17-7-3-2-4-8-17/h2-16H,1H3/q+1. The summed E-state index contributed by atoms with van der Waals surface area (Å²) < 4.78 is 7.51. The molecular formula is C22H18NO+. The van der Waals surface area contributed by atoms with E-state index in [4.69, 9.17) is 4.74 Å². The molecule has 0 unspecified atom stereocenters. The molecule has 1 heterocycles. The summed E-state index contributed by atoms with van der Waals surface area (Å²) in [5, 5.41) is 2.45. The summed E-state index contributed by atoms with van der Waals surface area (Å²) in [6.45, 7) is 0. The first kappa shape index (κ1) is 14.5. The molecule has 0 aliphatic heterocycles. The van der Waals surface area contributed by atoms with Crippen LogP contribution in [0, 0.1) is 0 Å². The summed E-state index contributed by atoms with van der Waals surface area (Å²) in [4.78, 5) is 0. The van der Waals surface area contributed by atoms with Gasteiger partial charge in [0.2, 0.25) is 11.4 Å². The number of ether oxygens (including phenoxy) is 1. The lowest BCUT2D eigenvalue weighted by atomic mass is 10.1. The van der Waals surface area contributed by atoms with Crippen LogP contribution >= 0.6 is 0 Å². The Labute approximate surface area is 141 Å². The molecule has 24 heavy (non-hydrogen) atoms. The zero-order valence-corrected chi connectivity index (χ0v) is 13.5. The van der Waals surface area contributed by atoms with Crippen LogP contribution in [0.5, 0.6) is 5.75 Å². The molecule has 0 atom stereocenters. The van der Waals surface area contributed by atoms with Gasteiger partial charge in [-0.1, -0.05) is 36.4 Å². The highest BCUT2D eigenvalue weighted by molar-refractivity contribution is 5.83. The van der Waals surface area contributed by atoms with Gasteiger partial charge in [-0.2, -0.15) is 4.57 Å². The molecule has 4 aromatic rings. The molecule has 2 heteroatoms. The van der Waals surface area contributed by atoms with E-state index in [2.05, 4.69) is 77.5 Å². The van der Waals surface area contributed by atoms with Gasteiger partial charge in [-0.3, -0.25) is 0 Å². The number of benzene rings is 3. The van der Waals surface area contributed by atoms with Crippen molar-refractivity contribution in [2.75, 3.05) is 7.11 Å². The van der Waals surface area contributed by atoms with Gasteiger partial charge < -0.3 is 4.74 Å². The molecule has 4 rings (SSSR count). The maximum atomic E-state index is 5.28. The second kappa shape index (κ2) is 6.17. The minimum Gasteiger partial charge on any atom is -0.497 e. The Bertz CT molecular complexity index is 976. The molecule has 0 amide bonds. The molecule has 0 aliphatic carbocycles. The van der Waals surface area contributed by atoms with Gasteiger partial charge in [0.15, 0.2) is 6.20 Å². The van der Waals surface area contributed by atoms with Crippen molar-refractivity contribution >= 4 is 10.8 Å². The molecule has 0 saturated heterocycles. The van der Waals surface area contributed by atoms with Gasteiger partial charge in [-0.25, -0.2) is 0 Å². The summed E-state index contributed by atoms with van der Waals surface area (Å²) >= 11 is 0. The van der Waals surface area contributed by atoms with E-state index in [1.165, 1.54) is 22.0 Å². The van der Waals surface area contributed by atoms with E-state index in [-0.39, 0.29) is 0 Å². The monoisotopic (exact) mass is 312 g/mol. The lowest BCUT2D eigenvalue weighted by Gasteiger charge is -2.07. The highest BCUT2D eigenvalue weighted by atomic mass is 16.5. The third-order valence-corrected chi connectivity index (χ3v) is 4.24. The van der Waals surface area contributed by atoms with Crippen molar-refractivity contribution in [1.82, 2.24) is 0 Å². The van der Waals surface area contributed by atoms with E-state index in [1.54, 1.807) is 7.11 Å². The fourth-order valence-corrected chi connectivity index (χ4v) is 2.97. The van der Waals surface area contributed by atoms with Crippen LogP contribution in [0.4, 0.5) is 0 Å². The second-order valence-corrected chi connectivity index (χ2v) is 5.72. The van der Waals surface area contributed by atoms with E-state index >= 15 is 0 Å². The molecular weight excluding hydrogens is 294 g/mol. The van der Waals surface area contributed by atoms with Gasteiger partial charge >= 0.3 is 0 Å². The maximum Gasteiger partial charge on any atom is 0.219 e. The van der Waals surface area contributed by atoms with Crippen LogP contribution in [0.25, 0.3) is 27.7 Å². The number of pyridine rings is 1. The van der Waals surface area contributed by atoms with Crippen molar-refractivity contribution in [2.24, 2.45) is 0 Å². The Morgan fingerprint density at radius 2 is 1.38 bits per heavy atom. The van der Waals surface area contributed by atoms with Crippen molar-refractivity contribution in [1.29, 1.82) is 0 Å². The van der Waals surface area contributed by atoms with Crippen molar-refractivity contribution in [3.8, 4) is 22.7 Å². The van der Waals surface area contributed by atoms with E-state index in [1.807, 2.05) is 18.2 Å². The zero-order valence-electron chi connectivity index (χ0n) is 13.5. The largest absolute Gasteiger partial charge is 0.497 e. The van der Waals surface area contributed by atoms with Gasteiger partial charge in [0.1, 0.15) is 5.75 Å².